The maximum absolute atomic E-state index is 13.0. The normalized spacial score (nSPS) is 20.1. The van der Waals surface area contributed by atoms with E-state index < -0.39 is 6.10 Å². The predicted octanol–water partition coefficient (Wildman–Crippen LogP) is 6.87. The van der Waals surface area contributed by atoms with Crippen LogP contribution in [0.5, 0.6) is 11.8 Å². The highest BCUT2D eigenvalue weighted by atomic mass is 16.5. The number of ether oxygens (including phenoxy) is 1. The monoisotopic (exact) mass is 592 g/mol. The van der Waals surface area contributed by atoms with Crippen molar-refractivity contribution in [1.29, 1.82) is 0 Å². The van der Waals surface area contributed by atoms with Gasteiger partial charge in [0.25, 0.3) is 0 Å². The second-order valence-corrected chi connectivity index (χ2v) is 12.8. The van der Waals surface area contributed by atoms with Gasteiger partial charge in [0.1, 0.15) is 11.9 Å². The number of fused-ring (bicyclic) bond motifs is 5. The maximum atomic E-state index is 13.0. The number of hydrogen-bond donors (Lipinski definition) is 2. The average molecular weight is 593 g/mol. The number of unbranched alkanes of at least 4 members (excludes halogenated alkanes) is 10. The molecule has 8 nitrogen and oxygen atoms in total. The predicted molar refractivity (Wildman–Crippen MR) is 171 cm³/mol. The van der Waals surface area contributed by atoms with E-state index in [9.17, 15) is 15.0 Å². The smallest absolute Gasteiger partial charge is 0.306 e. The lowest BCUT2D eigenvalue weighted by molar-refractivity contribution is -0.151. The number of carbonyl (C=O) groups is 1. The summed E-state index contributed by atoms with van der Waals surface area (Å²) < 4.78 is 7.65. The van der Waals surface area contributed by atoms with Gasteiger partial charge in [0.2, 0.25) is 0 Å². The Labute approximate surface area is 257 Å². The van der Waals surface area contributed by atoms with Crippen LogP contribution in [0.15, 0.2) is 36.5 Å². The van der Waals surface area contributed by atoms with Crippen LogP contribution >= 0.6 is 0 Å². The number of carbonyl (C=O) groups excluding carboxylic acids is 1. The Morgan fingerprint density at radius 3 is 2.05 bits per heavy atom. The molecule has 236 valence electrons. The first-order chi connectivity index (χ1) is 21.0. The minimum atomic E-state index is -0.462. The van der Waals surface area contributed by atoms with Crippen molar-refractivity contribution in [2.24, 2.45) is 0 Å². The Bertz CT molecular complexity index is 1150. The van der Waals surface area contributed by atoms with Crippen LogP contribution in [-0.4, -0.2) is 69.5 Å². The molecule has 1 saturated heterocycles. The van der Waals surface area contributed by atoms with E-state index in [0.29, 0.717) is 13.0 Å². The molecule has 2 bridgehead atoms. The molecule has 3 heterocycles. The van der Waals surface area contributed by atoms with E-state index in [0.717, 1.165) is 62.4 Å². The minimum Gasteiger partial charge on any atom is -0.494 e. The number of aromatic nitrogens is 2. The van der Waals surface area contributed by atoms with Crippen molar-refractivity contribution in [3.8, 4) is 11.8 Å². The van der Waals surface area contributed by atoms with Crippen LogP contribution in [0.3, 0.4) is 0 Å². The summed E-state index contributed by atoms with van der Waals surface area (Å²) in [4.78, 5) is 22.1. The van der Waals surface area contributed by atoms with E-state index in [4.69, 9.17) is 4.74 Å². The van der Waals surface area contributed by atoms with Gasteiger partial charge in [-0.3, -0.25) is 14.3 Å². The summed E-state index contributed by atoms with van der Waals surface area (Å²) in [7, 11) is 0. The third-order valence-corrected chi connectivity index (χ3v) is 9.58. The molecular weight excluding hydrogens is 540 g/mol. The van der Waals surface area contributed by atoms with E-state index >= 15 is 0 Å². The molecule has 2 aromatic rings. The van der Waals surface area contributed by atoms with Crippen LogP contribution in [0.1, 0.15) is 113 Å². The number of allylic oxidation sites excluding steroid dienone is 2. The highest BCUT2D eigenvalue weighted by molar-refractivity contribution is 5.69. The van der Waals surface area contributed by atoms with Gasteiger partial charge in [-0.1, -0.05) is 89.4 Å². The van der Waals surface area contributed by atoms with Gasteiger partial charge in [-0.2, -0.15) is 0 Å². The zero-order valence-electron chi connectivity index (χ0n) is 26.1. The van der Waals surface area contributed by atoms with Crippen molar-refractivity contribution in [2.75, 3.05) is 37.6 Å². The van der Waals surface area contributed by atoms with Crippen LogP contribution in [0, 0.1) is 0 Å². The molecule has 2 aliphatic carbocycles. The molecule has 0 saturated carbocycles. The fourth-order valence-corrected chi connectivity index (χ4v) is 7.17. The second kappa shape index (κ2) is 15.6. The van der Waals surface area contributed by atoms with E-state index in [1.54, 1.807) is 4.57 Å². The standard InChI is InChI=1S/C35H52N4O4/c1-2-3-4-5-6-7-8-9-10-11-12-16-31(40)43-29(25-37-20-22-38(23-21-37)30-15-13-14-19-36-30)26-39-34(41)32-27-17-18-28(24-27)33(32)35(39)42/h13-15,17-19,27-29,41-42H,2-12,16,20-26H2,1H3. The quantitative estimate of drug-likeness (QED) is 0.111. The zero-order chi connectivity index (χ0) is 30.0. The SMILES string of the molecule is CCCCCCCCCCCCCC(=O)OC(CN1CCN(c2ccccn2)CC1)Cn1c(O)c2c(c1O)C1C=CC2C1. The Morgan fingerprint density at radius 1 is 0.860 bits per heavy atom. The van der Waals surface area contributed by atoms with Crippen LogP contribution in [0.4, 0.5) is 5.82 Å². The van der Waals surface area contributed by atoms with Gasteiger partial charge in [0, 0.05) is 68.3 Å². The Hall–Kier alpha value is -3.00. The zero-order valence-corrected chi connectivity index (χ0v) is 26.1. The molecule has 2 N–H and O–H groups in total. The molecule has 0 spiro atoms. The van der Waals surface area contributed by atoms with Crippen molar-refractivity contribution in [3.63, 3.8) is 0 Å². The van der Waals surface area contributed by atoms with E-state index in [1.807, 2.05) is 24.4 Å². The van der Waals surface area contributed by atoms with Gasteiger partial charge in [-0.25, -0.2) is 4.98 Å². The fraction of sp³-hybridized carbons (Fsp3) is 0.657. The Kier molecular flexibility index (Phi) is 11.4. The number of piperazine rings is 1. The molecule has 0 amide bonds. The number of esters is 1. The molecular formula is C35H52N4O4. The first kappa shape index (κ1) is 31.4. The molecule has 3 atom stereocenters. The number of aromatic hydroxyl groups is 2. The summed E-state index contributed by atoms with van der Waals surface area (Å²) in [6, 6.07) is 5.97. The summed E-state index contributed by atoms with van der Waals surface area (Å²) >= 11 is 0. The van der Waals surface area contributed by atoms with Crippen molar-refractivity contribution in [3.05, 3.63) is 47.7 Å². The van der Waals surface area contributed by atoms with Gasteiger partial charge in [-0.15, -0.1) is 0 Å². The summed E-state index contributed by atoms with van der Waals surface area (Å²) in [5.74, 6) is 1.36. The van der Waals surface area contributed by atoms with Crippen molar-refractivity contribution in [2.45, 2.75) is 115 Å². The van der Waals surface area contributed by atoms with E-state index in [2.05, 4.69) is 33.9 Å². The van der Waals surface area contributed by atoms with Crippen LogP contribution in [-0.2, 0) is 16.1 Å². The van der Waals surface area contributed by atoms with Crippen molar-refractivity contribution in [1.82, 2.24) is 14.5 Å². The molecule has 1 fully saturated rings. The van der Waals surface area contributed by atoms with Gasteiger partial charge in [-0.05, 0) is 25.0 Å². The number of nitrogens with zero attached hydrogens (tertiary/aromatic N) is 4. The molecule has 3 unspecified atom stereocenters. The van der Waals surface area contributed by atoms with Crippen LogP contribution in [0.2, 0.25) is 0 Å². The van der Waals surface area contributed by atoms with Crippen molar-refractivity contribution < 1.29 is 19.7 Å². The third kappa shape index (κ3) is 8.14. The minimum absolute atomic E-state index is 0.121. The van der Waals surface area contributed by atoms with Crippen LogP contribution in [0.25, 0.3) is 0 Å². The van der Waals surface area contributed by atoms with E-state index in [-0.39, 0.29) is 36.1 Å². The lowest BCUT2D eigenvalue weighted by Crippen LogP contribution is -2.49. The molecule has 0 aromatic carbocycles. The molecule has 0 radical (unpaired) electrons. The molecule has 8 heteroatoms. The second-order valence-electron chi connectivity index (χ2n) is 12.8. The first-order valence-corrected chi connectivity index (χ1v) is 17.0. The van der Waals surface area contributed by atoms with Gasteiger partial charge < -0.3 is 19.8 Å². The Morgan fingerprint density at radius 2 is 1.47 bits per heavy atom. The highest BCUT2D eigenvalue weighted by Gasteiger charge is 2.41. The van der Waals surface area contributed by atoms with Gasteiger partial charge in [0.15, 0.2) is 11.8 Å². The lowest BCUT2D eigenvalue weighted by atomic mass is 10.0. The van der Waals surface area contributed by atoms with Gasteiger partial charge in [0.05, 0.1) is 6.54 Å². The fourth-order valence-electron chi connectivity index (χ4n) is 7.17. The number of rotatable bonds is 18. The molecule has 1 aliphatic heterocycles. The lowest BCUT2D eigenvalue weighted by Gasteiger charge is -2.37. The first-order valence-electron chi connectivity index (χ1n) is 17.0. The summed E-state index contributed by atoms with van der Waals surface area (Å²) in [5.41, 5.74) is 1.69. The summed E-state index contributed by atoms with van der Waals surface area (Å²) in [6.45, 7) is 6.42. The maximum Gasteiger partial charge on any atom is 0.306 e. The van der Waals surface area contributed by atoms with E-state index in [1.165, 1.54) is 57.8 Å². The summed E-state index contributed by atoms with van der Waals surface area (Å²) in [6.07, 6.45) is 20.6. The number of anilines is 1. The third-order valence-electron chi connectivity index (χ3n) is 9.58. The topological polar surface area (TPSA) is 91.1 Å². The molecule has 2 aromatic heterocycles. The van der Waals surface area contributed by atoms with Crippen LogP contribution < -0.4 is 4.90 Å². The molecule has 43 heavy (non-hydrogen) atoms. The number of hydrogen-bond acceptors (Lipinski definition) is 7. The largest absolute Gasteiger partial charge is 0.494 e. The molecule has 5 rings (SSSR count). The number of pyridine rings is 1. The highest BCUT2D eigenvalue weighted by Crippen LogP contribution is 2.56. The Balaban J connectivity index is 1.11. The average Bonchev–Trinajstić information content (AvgIpc) is 3.71. The van der Waals surface area contributed by atoms with Crippen molar-refractivity contribution >= 4 is 11.8 Å². The van der Waals surface area contributed by atoms with Gasteiger partial charge >= 0.3 is 5.97 Å². The summed E-state index contributed by atoms with van der Waals surface area (Å²) in [5, 5.41) is 22.2. The molecule has 3 aliphatic rings.